The van der Waals surface area contributed by atoms with Gasteiger partial charge >= 0.3 is 5.69 Å². The number of hydrogen-bond donors (Lipinski definition) is 1. The molecule has 0 fully saturated rings. The normalized spacial score (nSPS) is 12.2. The van der Waals surface area contributed by atoms with Crippen LogP contribution in [0.5, 0.6) is 0 Å². The third-order valence-electron chi connectivity index (χ3n) is 2.84. The molecule has 0 saturated heterocycles. The molecular weight excluding hydrogens is 256 g/mol. The highest BCUT2D eigenvalue weighted by molar-refractivity contribution is 6.30. The first-order chi connectivity index (χ1) is 8.19. The monoisotopic (exact) mass is 274 g/mol. The highest BCUT2D eigenvalue weighted by Gasteiger charge is 2.22. The molecule has 0 atom stereocenters. The minimum Gasteiger partial charge on any atom is -0.377 e. The highest BCUT2D eigenvalue weighted by atomic mass is 35.5. The van der Waals surface area contributed by atoms with E-state index in [4.69, 9.17) is 16.3 Å². The molecule has 0 radical (unpaired) electrons. The Balaban J connectivity index is 3.43. The van der Waals surface area contributed by atoms with Gasteiger partial charge in [-0.2, -0.15) is 0 Å². The summed E-state index contributed by atoms with van der Waals surface area (Å²) in [5.74, 6) is -0.0567. The Morgan fingerprint density at radius 2 is 1.94 bits per heavy atom. The molecule has 1 aromatic heterocycles. The molecule has 6 heteroatoms. The van der Waals surface area contributed by atoms with Gasteiger partial charge in [0.25, 0.3) is 5.56 Å². The molecule has 0 unspecified atom stereocenters. The molecule has 0 spiro atoms. The van der Waals surface area contributed by atoms with Crippen molar-refractivity contribution in [2.45, 2.75) is 45.8 Å². The molecule has 0 amide bonds. The molecule has 0 bridgehead atoms. The maximum atomic E-state index is 12.2. The Kier molecular flexibility index (Phi) is 4.40. The number of hydrogen-bond acceptors (Lipinski definition) is 3. The summed E-state index contributed by atoms with van der Waals surface area (Å²) < 4.78 is 6.37. The van der Waals surface area contributed by atoms with Crippen molar-refractivity contribution >= 4 is 11.6 Å². The van der Waals surface area contributed by atoms with Crippen molar-refractivity contribution in [1.82, 2.24) is 9.55 Å². The number of methoxy groups -OCH3 is 1. The van der Waals surface area contributed by atoms with Gasteiger partial charge in [0, 0.05) is 7.11 Å². The summed E-state index contributed by atoms with van der Waals surface area (Å²) in [6.45, 7) is 7.50. The van der Waals surface area contributed by atoms with Crippen LogP contribution in [0, 0.1) is 0 Å². The lowest BCUT2D eigenvalue weighted by Gasteiger charge is -2.23. The summed E-state index contributed by atoms with van der Waals surface area (Å²) in [6.07, 6.45) is 0. The Morgan fingerprint density at radius 1 is 1.39 bits per heavy atom. The third-order valence-corrected chi connectivity index (χ3v) is 3.14. The molecular formula is C12H19ClN2O3. The van der Waals surface area contributed by atoms with E-state index in [9.17, 15) is 9.59 Å². The minimum absolute atomic E-state index is 0.0567. The quantitative estimate of drug-likeness (QED) is 0.851. The van der Waals surface area contributed by atoms with Crippen LogP contribution in [0.4, 0.5) is 0 Å². The SMILES string of the molecule is COC(C)(C)Cn1c(=O)[nH]c(Cl)c(C(C)C)c1=O. The number of halogens is 1. The molecule has 0 aliphatic carbocycles. The van der Waals surface area contributed by atoms with Crippen molar-refractivity contribution in [3.63, 3.8) is 0 Å². The first-order valence-electron chi connectivity index (χ1n) is 5.77. The largest absolute Gasteiger partial charge is 0.377 e. The van der Waals surface area contributed by atoms with Gasteiger partial charge in [-0.3, -0.25) is 14.3 Å². The predicted octanol–water partition coefficient (Wildman–Crippen LogP) is 1.74. The van der Waals surface area contributed by atoms with E-state index in [0.29, 0.717) is 5.56 Å². The molecule has 1 aromatic rings. The van der Waals surface area contributed by atoms with Crippen LogP contribution in [-0.4, -0.2) is 22.3 Å². The second kappa shape index (κ2) is 5.28. The van der Waals surface area contributed by atoms with Crippen LogP contribution in [0.3, 0.4) is 0 Å². The van der Waals surface area contributed by atoms with Crippen LogP contribution >= 0.6 is 11.6 Å². The third kappa shape index (κ3) is 3.03. The van der Waals surface area contributed by atoms with Gasteiger partial charge in [0.05, 0.1) is 17.7 Å². The van der Waals surface area contributed by atoms with E-state index in [1.54, 1.807) is 7.11 Å². The smallest absolute Gasteiger partial charge is 0.329 e. The fourth-order valence-electron chi connectivity index (χ4n) is 1.65. The first-order valence-corrected chi connectivity index (χ1v) is 6.15. The van der Waals surface area contributed by atoms with Crippen molar-refractivity contribution in [3.8, 4) is 0 Å². The molecule has 0 aliphatic rings. The van der Waals surface area contributed by atoms with Crippen molar-refractivity contribution in [3.05, 3.63) is 31.6 Å². The highest BCUT2D eigenvalue weighted by Crippen LogP contribution is 2.17. The molecule has 18 heavy (non-hydrogen) atoms. The molecule has 1 heterocycles. The Hall–Kier alpha value is -1.07. The molecule has 102 valence electrons. The molecule has 5 nitrogen and oxygen atoms in total. The number of rotatable bonds is 4. The number of H-pyrrole nitrogens is 1. The second-order valence-electron chi connectivity index (χ2n) is 5.17. The molecule has 0 saturated carbocycles. The van der Waals surface area contributed by atoms with Crippen molar-refractivity contribution < 1.29 is 4.74 Å². The summed E-state index contributed by atoms with van der Waals surface area (Å²) in [5, 5.41) is 0.117. The lowest BCUT2D eigenvalue weighted by Crippen LogP contribution is -2.44. The summed E-state index contributed by atoms with van der Waals surface area (Å²) in [7, 11) is 1.54. The van der Waals surface area contributed by atoms with Crippen LogP contribution in [0.15, 0.2) is 9.59 Å². The van der Waals surface area contributed by atoms with Crippen molar-refractivity contribution in [2.75, 3.05) is 7.11 Å². The Labute approximate surface area is 111 Å². The van der Waals surface area contributed by atoms with Gasteiger partial charge in [-0.25, -0.2) is 4.79 Å². The minimum atomic E-state index is -0.598. The topological polar surface area (TPSA) is 64.1 Å². The standard InChI is InChI=1S/C12H19ClN2O3/c1-7(2)8-9(13)14-11(17)15(10(8)16)6-12(3,4)18-5/h7H,6H2,1-5H3,(H,14,17). The first kappa shape index (κ1) is 15.0. The van der Waals surface area contributed by atoms with E-state index in [1.165, 1.54) is 0 Å². The summed E-state index contributed by atoms with van der Waals surface area (Å²) in [4.78, 5) is 26.5. The van der Waals surface area contributed by atoms with Gasteiger partial charge in [-0.05, 0) is 19.8 Å². The Bertz CT molecular complexity index is 543. The molecule has 0 aliphatic heterocycles. The molecule has 0 aromatic carbocycles. The average Bonchev–Trinajstić information content (AvgIpc) is 2.23. The van der Waals surface area contributed by atoms with Crippen LogP contribution in [0.1, 0.15) is 39.2 Å². The Morgan fingerprint density at radius 3 is 2.39 bits per heavy atom. The number of nitrogens with zero attached hydrogens (tertiary/aromatic N) is 1. The van der Waals surface area contributed by atoms with Gasteiger partial charge in [-0.1, -0.05) is 25.4 Å². The second-order valence-corrected chi connectivity index (χ2v) is 5.55. The number of aromatic nitrogens is 2. The van der Waals surface area contributed by atoms with Gasteiger partial charge in [0.2, 0.25) is 0 Å². The number of nitrogens with one attached hydrogen (secondary N) is 1. The fraction of sp³-hybridized carbons (Fsp3) is 0.667. The summed E-state index contributed by atoms with van der Waals surface area (Å²) in [6, 6.07) is 0. The van der Waals surface area contributed by atoms with E-state index in [0.717, 1.165) is 4.57 Å². The van der Waals surface area contributed by atoms with Gasteiger partial charge in [-0.15, -0.1) is 0 Å². The number of aromatic amines is 1. The molecule has 1 N–H and O–H groups in total. The van der Waals surface area contributed by atoms with Crippen LogP contribution < -0.4 is 11.2 Å². The van der Waals surface area contributed by atoms with Crippen molar-refractivity contribution in [2.24, 2.45) is 0 Å². The number of ether oxygens (including phenoxy) is 1. The average molecular weight is 275 g/mol. The molecule has 1 rings (SSSR count). The zero-order valence-electron chi connectivity index (χ0n) is 11.3. The predicted molar refractivity (Wildman–Crippen MR) is 71.5 cm³/mol. The maximum Gasteiger partial charge on any atom is 0.329 e. The summed E-state index contributed by atoms with van der Waals surface area (Å²) >= 11 is 5.91. The zero-order chi connectivity index (χ0) is 14.1. The lowest BCUT2D eigenvalue weighted by molar-refractivity contribution is 0.00628. The zero-order valence-corrected chi connectivity index (χ0v) is 12.1. The van der Waals surface area contributed by atoms with Crippen LogP contribution in [0.25, 0.3) is 0 Å². The van der Waals surface area contributed by atoms with Gasteiger partial charge in [0.1, 0.15) is 5.15 Å². The van der Waals surface area contributed by atoms with E-state index in [2.05, 4.69) is 4.98 Å². The van der Waals surface area contributed by atoms with E-state index < -0.39 is 11.3 Å². The van der Waals surface area contributed by atoms with E-state index in [1.807, 2.05) is 27.7 Å². The van der Waals surface area contributed by atoms with E-state index in [-0.39, 0.29) is 23.2 Å². The van der Waals surface area contributed by atoms with Crippen LogP contribution in [0.2, 0.25) is 5.15 Å². The lowest BCUT2D eigenvalue weighted by atomic mass is 10.1. The van der Waals surface area contributed by atoms with Gasteiger partial charge < -0.3 is 4.74 Å². The van der Waals surface area contributed by atoms with Crippen LogP contribution in [-0.2, 0) is 11.3 Å². The summed E-state index contributed by atoms with van der Waals surface area (Å²) in [5.41, 5.74) is -1.05. The fourth-order valence-corrected chi connectivity index (χ4v) is 2.03. The van der Waals surface area contributed by atoms with Crippen molar-refractivity contribution in [1.29, 1.82) is 0 Å². The van der Waals surface area contributed by atoms with Gasteiger partial charge in [0.15, 0.2) is 0 Å². The van der Waals surface area contributed by atoms with E-state index >= 15 is 0 Å². The maximum absolute atomic E-state index is 12.2.